The zero-order valence-electron chi connectivity index (χ0n) is 10.4. The van der Waals surface area contributed by atoms with E-state index in [9.17, 15) is 4.79 Å². The summed E-state index contributed by atoms with van der Waals surface area (Å²) < 4.78 is 5.15. The number of carbonyl (C=O) groups excluding carboxylic acids is 1. The first-order chi connectivity index (χ1) is 9.01. The molecule has 1 atom stereocenters. The molecule has 1 aromatic heterocycles. The molecule has 2 aromatic rings. The van der Waals surface area contributed by atoms with Crippen molar-refractivity contribution in [2.75, 3.05) is 7.11 Å². The van der Waals surface area contributed by atoms with Crippen LogP contribution in [0, 0.1) is 0 Å². The van der Waals surface area contributed by atoms with Gasteiger partial charge in [0.2, 0.25) is 5.91 Å². The van der Waals surface area contributed by atoms with E-state index in [2.05, 4.69) is 4.98 Å². The highest BCUT2D eigenvalue weighted by Crippen LogP contribution is 2.28. The summed E-state index contributed by atoms with van der Waals surface area (Å²) in [6, 6.07) is 6.69. The van der Waals surface area contributed by atoms with Gasteiger partial charge in [0.15, 0.2) is 0 Å². The number of nitrogens with two attached hydrogens (primary N) is 2. The van der Waals surface area contributed by atoms with E-state index in [0.29, 0.717) is 11.3 Å². The lowest BCUT2D eigenvalue weighted by atomic mass is 10.0. The van der Waals surface area contributed by atoms with Gasteiger partial charge in [-0.3, -0.25) is 4.79 Å². The number of halogens is 1. The lowest BCUT2D eigenvalue weighted by Gasteiger charge is -2.12. The molecule has 4 N–H and O–H groups in total. The zero-order chi connectivity index (χ0) is 14.0. The Morgan fingerprint density at radius 2 is 2.21 bits per heavy atom. The van der Waals surface area contributed by atoms with Crippen LogP contribution in [0.25, 0.3) is 10.9 Å². The Morgan fingerprint density at radius 3 is 2.84 bits per heavy atom. The maximum atomic E-state index is 10.9. The second-order valence-corrected chi connectivity index (χ2v) is 4.56. The van der Waals surface area contributed by atoms with E-state index in [1.165, 1.54) is 0 Å². The van der Waals surface area contributed by atoms with Crippen molar-refractivity contribution < 1.29 is 9.53 Å². The minimum Gasteiger partial charge on any atom is -0.497 e. The third-order valence-electron chi connectivity index (χ3n) is 2.82. The molecule has 100 valence electrons. The van der Waals surface area contributed by atoms with Crippen LogP contribution in [0.4, 0.5) is 0 Å². The van der Waals surface area contributed by atoms with E-state index in [0.717, 1.165) is 10.9 Å². The summed E-state index contributed by atoms with van der Waals surface area (Å²) in [4.78, 5) is 15.2. The van der Waals surface area contributed by atoms with Crippen LogP contribution < -0.4 is 16.2 Å². The Kier molecular flexibility index (Phi) is 3.87. The van der Waals surface area contributed by atoms with Crippen LogP contribution in [0.5, 0.6) is 5.75 Å². The average Bonchev–Trinajstić information content (AvgIpc) is 2.36. The van der Waals surface area contributed by atoms with Crippen LogP contribution in [0.2, 0.25) is 5.15 Å². The van der Waals surface area contributed by atoms with Crippen molar-refractivity contribution >= 4 is 28.4 Å². The third kappa shape index (κ3) is 2.94. The molecule has 0 radical (unpaired) electrons. The lowest BCUT2D eigenvalue weighted by molar-refractivity contribution is -0.118. The van der Waals surface area contributed by atoms with Crippen LogP contribution in [0.1, 0.15) is 18.0 Å². The number of fused-ring (bicyclic) bond motifs is 1. The Balaban J connectivity index is 2.49. The predicted octanol–water partition coefficient (Wildman–Crippen LogP) is 1.77. The van der Waals surface area contributed by atoms with Gasteiger partial charge in [0.05, 0.1) is 12.6 Å². The van der Waals surface area contributed by atoms with E-state index in [-0.39, 0.29) is 11.6 Å². The number of hydrogen-bond donors (Lipinski definition) is 2. The van der Waals surface area contributed by atoms with Gasteiger partial charge in [0, 0.05) is 23.4 Å². The Hall–Kier alpha value is -1.85. The molecule has 5 nitrogen and oxygen atoms in total. The summed E-state index contributed by atoms with van der Waals surface area (Å²) in [6.45, 7) is 0. The predicted molar refractivity (Wildman–Crippen MR) is 74.0 cm³/mol. The molecule has 1 amide bonds. The van der Waals surface area contributed by atoms with Crippen molar-refractivity contribution in [3.05, 3.63) is 35.0 Å². The number of ether oxygens (including phenoxy) is 1. The molecule has 1 heterocycles. The molecule has 0 saturated heterocycles. The van der Waals surface area contributed by atoms with E-state index in [1.54, 1.807) is 19.2 Å². The number of pyridine rings is 1. The second kappa shape index (κ2) is 5.42. The molecule has 0 bridgehead atoms. The first-order valence-electron chi connectivity index (χ1n) is 5.69. The number of amides is 1. The highest BCUT2D eigenvalue weighted by molar-refractivity contribution is 6.30. The fraction of sp³-hybridized carbons (Fsp3) is 0.231. The Bertz CT molecular complexity index is 631. The molecule has 1 unspecified atom stereocenters. The lowest BCUT2D eigenvalue weighted by Crippen LogP contribution is -2.21. The summed E-state index contributed by atoms with van der Waals surface area (Å²) in [5, 5.41) is 1.13. The second-order valence-electron chi connectivity index (χ2n) is 4.20. The van der Waals surface area contributed by atoms with Crippen molar-refractivity contribution in [2.45, 2.75) is 12.5 Å². The van der Waals surface area contributed by atoms with Crippen molar-refractivity contribution in [1.29, 1.82) is 0 Å². The topological polar surface area (TPSA) is 91.2 Å². The van der Waals surface area contributed by atoms with Gasteiger partial charge in [0.25, 0.3) is 0 Å². The number of benzene rings is 1. The van der Waals surface area contributed by atoms with E-state index in [4.69, 9.17) is 27.8 Å². The third-order valence-corrected chi connectivity index (χ3v) is 3.13. The van der Waals surface area contributed by atoms with Gasteiger partial charge in [-0.1, -0.05) is 11.6 Å². The molecule has 19 heavy (non-hydrogen) atoms. The molecule has 0 aliphatic heterocycles. The highest BCUT2D eigenvalue weighted by Gasteiger charge is 2.15. The van der Waals surface area contributed by atoms with Crippen LogP contribution in [-0.2, 0) is 4.79 Å². The molecule has 6 heteroatoms. The monoisotopic (exact) mass is 279 g/mol. The van der Waals surface area contributed by atoms with Gasteiger partial charge in [-0.2, -0.15) is 0 Å². The maximum Gasteiger partial charge on any atom is 0.219 e. The standard InChI is InChI=1S/C13H14ClN3O2/c1-19-8-2-3-11-7(4-8)5-9(13(14)17-11)10(15)6-12(16)18/h2-5,10H,6,15H2,1H3,(H2,16,18). The van der Waals surface area contributed by atoms with Crippen molar-refractivity contribution in [2.24, 2.45) is 11.5 Å². The minimum absolute atomic E-state index is 0.0247. The van der Waals surface area contributed by atoms with Crippen LogP contribution in [0.3, 0.4) is 0 Å². The number of methoxy groups -OCH3 is 1. The summed E-state index contributed by atoms with van der Waals surface area (Å²) in [5.74, 6) is 0.236. The van der Waals surface area contributed by atoms with E-state index < -0.39 is 11.9 Å². The molecule has 0 aliphatic rings. The smallest absolute Gasteiger partial charge is 0.219 e. The maximum absolute atomic E-state index is 10.9. The molecule has 0 saturated carbocycles. The number of aromatic nitrogens is 1. The Morgan fingerprint density at radius 1 is 1.47 bits per heavy atom. The highest BCUT2D eigenvalue weighted by atomic mass is 35.5. The molecule has 0 spiro atoms. The number of carbonyl (C=O) groups is 1. The summed E-state index contributed by atoms with van der Waals surface area (Å²) in [5.41, 5.74) is 12.4. The van der Waals surface area contributed by atoms with Crippen LogP contribution >= 0.6 is 11.6 Å². The van der Waals surface area contributed by atoms with Crippen LogP contribution in [0.15, 0.2) is 24.3 Å². The Labute approximate surface area is 115 Å². The first-order valence-corrected chi connectivity index (χ1v) is 6.07. The normalized spacial score (nSPS) is 12.4. The van der Waals surface area contributed by atoms with Crippen molar-refractivity contribution in [1.82, 2.24) is 4.98 Å². The molecule has 0 aliphatic carbocycles. The van der Waals surface area contributed by atoms with Crippen molar-refractivity contribution in [3.8, 4) is 5.75 Å². The molecule has 1 aromatic carbocycles. The fourth-order valence-corrected chi connectivity index (χ4v) is 2.15. The van der Waals surface area contributed by atoms with Gasteiger partial charge >= 0.3 is 0 Å². The van der Waals surface area contributed by atoms with Gasteiger partial charge in [-0.05, 0) is 24.3 Å². The summed E-state index contributed by atoms with van der Waals surface area (Å²) >= 11 is 6.08. The number of nitrogens with zero attached hydrogens (tertiary/aromatic N) is 1. The van der Waals surface area contributed by atoms with Crippen molar-refractivity contribution in [3.63, 3.8) is 0 Å². The molecular formula is C13H14ClN3O2. The van der Waals surface area contributed by atoms with E-state index in [1.807, 2.05) is 12.1 Å². The van der Waals surface area contributed by atoms with Gasteiger partial charge in [-0.25, -0.2) is 4.98 Å². The number of primary amides is 1. The first kappa shape index (κ1) is 13.6. The van der Waals surface area contributed by atoms with Crippen LogP contribution in [-0.4, -0.2) is 18.0 Å². The van der Waals surface area contributed by atoms with Gasteiger partial charge in [0.1, 0.15) is 10.9 Å². The zero-order valence-corrected chi connectivity index (χ0v) is 11.1. The molecular weight excluding hydrogens is 266 g/mol. The summed E-state index contributed by atoms with van der Waals surface area (Å²) in [7, 11) is 1.59. The largest absolute Gasteiger partial charge is 0.497 e. The van der Waals surface area contributed by atoms with E-state index >= 15 is 0 Å². The quantitative estimate of drug-likeness (QED) is 0.835. The minimum atomic E-state index is -0.562. The number of rotatable bonds is 4. The van der Waals surface area contributed by atoms with Gasteiger partial charge < -0.3 is 16.2 Å². The summed E-state index contributed by atoms with van der Waals surface area (Å²) in [6.07, 6.45) is 0.0247. The molecule has 0 fully saturated rings. The average molecular weight is 280 g/mol. The number of hydrogen-bond acceptors (Lipinski definition) is 4. The van der Waals surface area contributed by atoms with Gasteiger partial charge in [-0.15, -0.1) is 0 Å². The SMILES string of the molecule is COc1ccc2nc(Cl)c(C(N)CC(N)=O)cc2c1. The fourth-order valence-electron chi connectivity index (χ4n) is 1.86. The molecule has 2 rings (SSSR count).